The molecular formula is C25H27N5O4. The monoisotopic (exact) mass is 461 g/mol. The van der Waals surface area contributed by atoms with Gasteiger partial charge in [-0.05, 0) is 63.6 Å². The Morgan fingerprint density at radius 1 is 1.18 bits per heavy atom. The Labute approximate surface area is 196 Å². The van der Waals surface area contributed by atoms with Crippen LogP contribution < -0.4 is 10.6 Å². The Hall–Kier alpha value is -3.46. The number of ether oxygens (including phenoxy) is 1. The van der Waals surface area contributed by atoms with Gasteiger partial charge in [-0.2, -0.15) is 4.98 Å². The minimum Gasteiger partial charge on any atom is -0.451 e. The lowest BCUT2D eigenvalue weighted by Gasteiger charge is -2.20. The van der Waals surface area contributed by atoms with Gasteiger partial charge in [0.25, 0.3) is 5.89 Å². The summed E-state index contributed by atoms with van der Waals surface area (Å²) in [5.41, 5.74) is 3.02. The fourth-order valence-electron chi connectivity index (χ4n) is 4.46. The molecule has 0 unspecified atom stereocenters. The third-order valence-electron chi connectivity index (χ3n) is 6.76. The fraction of sp³-hybridized carbons (Fsp3) is 0.440. The first kappa shape index (κ1) is 21.1. The van der Waals surface area contributed by atoms with E-state index >= 15 is 0 Å². The molecule has 6 rings (SSSR count). The van der Waals surface area contributed by atoms with Gasteiger partial charge in [0.15, 0.2) is 5.82 Å². The molecule has 2 fully saturated rings. The summed E-state index contributed by atoms with van der Waals surface area (Å²) in [6.07, 6.45) is 6.09. The van der Waals surface area contributed by atoms with E-state index in [2.05, 4.69) is 25.8 Å². The number of benzene rings is 1. The second kappa shape index (κ2) is 7.80. The quantitative estimate of drug-likeness (QED) is 0.420. The van der Waals surface area contributed by atoms with Crippen molar-refractivity contribution in [3.8, 4) is 11.5 Å². The zero-order valence-electron chi connectivity index (χ0n) is 19.2. The Kier molecular flexibility index (Phi) is 4.84. The largest absolute Gasteiger partial charge is 0.451 e. The van der Waals surface area contributed by atoms with Crippen LogP contribution in [0.5, 0.6) is 0 Å². The molecule has 2 saturated carbocycles. The molecule has 0 saturated heterocycles. The number of cyclic esters (lactones) is 1. The number of pyridine rings is 1. The Morgan fingerprint density at radius 2 is 2.00 bits per heavy atom. The molecule has 3 aromatic rings. The number of nitrogens with zero attached hydrogens (tertiary/aromatic N) is 3. The van der Waals surface area contributed by atoms with Crippen LogP contribution in [-0.4, -0.2) is 38.8 Å². The van der Waals surface area contributed by atoms with Gasteiger partial charge >= 0.3 is 5.97 Å². The second-order valence-electron chi connectivity index (χ2n) is 9.90. The number of carbonyl (C=O) groups excluding carboxylic acids is 1. The average molecular weight is 462 g/mol. The zero-order valence-corrected chi connectivity index (χ0v) is 19.2. The van der Waals surface area contributed by atoms with Gasteiger partial charge in [-0.1, -0.05) is 5.16 Å². The SMILES string of the molecule is CC1(C)OC(=O)c2ccc(Nc3cc(N[C@H](CO)C4CC4)c(-c4nc(C5CC5)no4)cn3)cc21. The topological polar surface area (TPSA) is 122 Å². The van der Waals surface area contributed by atoms with Crippen molar-refractivity contribution in [2.75, 3.05) is 17.2 Å². The van der Waals surface area contributed by atoms with E-state index in [0.717, 1.165) is 48.4 Å². The van der Waals surface area contributed by atoms with Crippen molar-refractivity contribution < 1.29 is 19.2 Å². The number of nitrogens with one attached hydrogen (secondary N) is 2. The number of carbonyl (C=O) groups is 1. The molecule has 2 aliphatic carbocycles. The first-order valence-electron chi connectivity index (χ1n) is 11.8. The van der Waals surface area contributed by atoms with Crippen LogP contribution in [0.25, 0.3) is 11.5 Å². The van der Waals surface area contributed by atoms with Crippen LogP contribution in [-0.2, 0) is 10.3 Å². The van der Waals surface area contributed by atoms with Crippen LogP contribution >= 0.6 is 0 Å². The molecule has 0 bridgehead atoms. The van der Waals surface area contributed by atoms with Crippen molar-refractivity contribution in [1.29, 1.82) is 0 Å². The molecule has 0 spiro atoms. The van der Waals surface area contributed by atoms with Crippen molar-refractivity contribution in [2.45, 2.75) is 57.1 Å². The van der Waals surface area contributed by atoms with Crippen LogP contribution in [0.4, 0.5) is 17.2 Å². The third kappa shape index (κ3) is 3.90. The number of anilines is 3. The Balaban J connectivity index is 1.32. The normalized spacial score (nSPS) is 19.4. The summed E-state index contributed by atoms with van der Waals surface area (Å²) < 4.78 is 11.0. The van der Waals surface area contributed by atoms with E-state index in [-0.39, 0.29) is 18.6 Å². The number of rotatable bonds is 8. The van der Waals surface area contributed by atoms with E-state index in [9.17, 15) is 9.90 Å². The highest BCUT2D eigenvalue weighted by molar-refractivity contribution is 5.95. The molecular weight excluding hydrogens is 434 g/mol. The summed E-state index contributed by atoms with van der Waals surface area (Å²) >= 11 is 0. The highest BCUT2D eigenvalue weighted by Crippen LogP contribution is 2.41. The van der Waals surface area contributed by atoms with Gasteiger partial charge in [0.2, 0.25) is 0 Å². The molecule has 3 aliphatic rings. The summed E-state index contributed by atoms with van der Waals surface area (Å²) in [6, 6.07) is 7.37. The number of aliphatic hydroxyl groups excluding tert-OH is 1. The molecule has 0 radical (unpaired) electrons. The molecule has 1 aromatic carbocycles. The number of aromatic nitrogens is 3. The molecule has 2 aromatic heterocycles. The van der Waals surface area contributed by atoms with Gasteiger partial charge in [-0.3, -0.25) is 0 Å². The first-order valence-corrected chi connectivity index (χ1v) is 11.8. The molecule has 34 heavy (non-hydrogen) atoms. The van der Waals surface area contributed by atoms with E-state index in [1.165, 1.54) is 0 Å². The van der Waals surface area contributed by atoms with E-state index in [1.54, 1.807) is 12.3 Å². The van der Waals surface area contributed by atoms with Crippen molar-refractivity contribution >= 4 is 23.2 Å². The highest BCUT2D eigenvalue weighted by atomic mass is 16.6. The summed E-state index contributed by atoms with van der Waals surface area (Å²) in [4.78, 5) is 21.3. The van der Waals surface area contributed by atoms with Gasteiger partial charge in [0, 0.05) is 29.4 Å². The number of hydrogen-bond acceptors (Lipinski definition) is 9. The number of hydrogen-bond donors (Lipinski definition) is 3. The van der Waals surface area contributed by atoms with Crippen LogP contribution in [0.2, 0.25) is 0 Å². The lowest BCUT2D eigenvalue weighted by molar-refractivity contribution is 0.00954. The molecule has 3 heterocycles. The molecule has 9 nitrogen and oxygen atoms in total. The molecule has 1 atom stereocenters. The lowest BCUT2D eigenvalue weighted by atomic mass is 9.95. The summed E-state index contributed by atoms with van der Waals surface area (Å²) in [7, 11) is 0. The van der Waals surface area contributed by atoms with Crippen LogP contribution in [0.15, 0.2) is 35.0 Å². The Morgan fingerprint density at radius 3 is 2.74 bits per heavy atom. The smallest absolute Gasteiger partial charge is 0.339 e. The Bertz CT molecular complexity index is 1260. The minimum atomic E-state index is -0.677. The maximum Gasteiger partial charge on any atom is 0.339 e. The summed E-state index contributed by atoms with van der Waals surface area (Å²) in [5, 5.41) is 20.9. The van der Waals surface area contributed by atoms with E-state index < -0.39 is 5.60 Å². The number of fused-ring (bicyclic) bond motifs is 1. The van der Waals surface area contributed by atoms with E-state index in [1.807, 2.05) is 32.0 Å². The van der Waals surface area contributed by atoms with Gasteiger partial charge < -0.3 is 25.0 Å². The average Bonchev–Trinajstić information content (AvgIpc) is 3.75. The molecule has 1 aliphatic heterocycles. The van der Waals surface area contributed by atoms with Gasteiger partial charge in [0.1, 0.15) is 11.4 Å². The van der Waals surface area contributed by atoms with Crippen LogP contribution in [0.3, 0.4) is 0 Å². The number of esters is 1. The standard InChI is InChI=1S/C25H27N5O4/c1-25(2)18-9-15(7-8-16(18)24(32)33-25)27-21-10-19(28-20(12-31)13-3-4-13)17(11-26-21)23-29-22(30-34-23)14-5-6-14/h7-11,13-14,20,31H,3-6,12H2,1-2H3,(H2,26,27,28)/t20-/m1/s1. The molecule has 3 N–H and O–H groups in total. The zero-order chi connectivity index (χ0) is 23.4. The minimum absolute atomic E-state index is 0.0419. The second-order valence-corrected chi connectivity index (χ2v) is 9.90. The summed E-state index contributed by atoms with van der Waals surface area (Å²) in [5.74, 6) is 2.31. The third-order valence-corrected chi connectivity index (χ3v) is 6.76. The van der Waals surface area contributed by atoms with Crippen molar-refractivity contribution in [2.24, 2.45) is 5.92 Å². The predicted molar refractivity (Wildman–Crippen MR) is 125 cm³/mol. The highest BCUT2D eigenvalue weighted by Gasteiger charge is 2.38. The lowest BCUT2D eigenvalue weighted by Crippen LogP contribution is -2.26. The van der Waals surface area contributed by atoms with E-state index in [0.29, 0.717) is 34.7 Å². The first-order chi connectivity index (χ1) is 16.4. The number of aliphatic hydroxyl groups is 1. The van der Waals surface area contributed by atoms with Crippen molar-refractivity contribution in [3.05, 3.63) is 47.4 Å². The predicted octanol–water partition coefficient (Wildman–Crippen LogP) is 4.34. The fourth-order valence-corrected chi connectivity index (χ4v) is 4.46. The molecule has 0 amide bonds. The van der Waals surface area contributed by atoms with E-state index in [4.69, 9.17) is 9.26 Å². The van der Waals surface area contributed by atoms with Crippen molar-refractivity contribution in [3.63, 3.8) is 0 Å². The van der Waals surface area contributed by atoms with Gasteiger partial charge in [-0.25, -0.2) is 9.78 Å². The van der Waals surface area contributed by atoms with Crippen LogP contribution in [0.1, 0.15) is 67.2 Å². The maximum absolute atomic E-state index is 12.1. The molecule has 176 valence electrons. The maximum atomic E-state index is 12.1. The van der Waals surface area contributed by atoms with Crippen LogP contribution in [0, 0.1) is 5.92 Å². The summed E-state index contributed by atoms with van der Waals surface area (Å²) in [6.45, 7) is 3.80. The molecule has 9 heteroatoms. The van der Waals surface area contributed by atoms with Gasteiger partial charge in [0.05, 0.1) is 29.5 Å². The van der Waals surface area contributed by atoms with Crippen molar-refractivity contribution in [1.82, 2.24) is 15.1 Å². The van der Waals surface area contributed by atoms with Gasteiger partial charge in [-0.15, -0.1) is 0 Å².